The second-order valence-corrected chi connectivity index (χ2v) is 5.59. The molecule has 1 N–H and O–H groups in total. The van der Waals surface area contributed by atoms with Gasteiger partial charge in [0.2, 0.25) is 0 Å². The summed E-state index contributed by atoms with van der Waals surface area (Å²) in [7, 11) is 2.11. The maximum absolute atomic E-state index is 3.40. The predicted molar refractivity (Wildman–Crippen MR) is 61.4 cm³/mol. The highest BCUT2D eigenvalue weighted by Crippen LogP contribution is 2.47. The number of hydrogen-bond donors (Lipinski definition) is 1. The molecule has 1 nitrogen and oxygen atoms in total. The third kappa shape index (κ3) is 2.31. The van der Waals surface area contributed by atoms with Crippen LogP contribution < -0.4 is 5.32 Å². The molecule has 0 amide bonds. The molecule has 2 rings (SSSR count). The summed E-state index contributed by atoms with van der Waals surface area (Å²) in [6.45, 7) is 1.27. The van der Waals surface area contributed by atoms with Crippen LogP contribution in [-0.2, 0) is 0 Å². The van der Waals surface area contributed by atoms with Gasteiger partial charge in [-0.05, 0) is 37.6 Å². The molecule has 0 saturated heterocycles. The van der Waals surface area contributed by atoms with Crippen LogP contribution in [0, 0.1) is 11.3 Å². The van der Waals surface area contributed by atoms with E-state index >= 15 is 0 Å². The molecule has 1 heteroatoms. The van der Waals surface area contributed by atoms with Gasteiger partial charge in [0.25, 0.3) is 0 Å². The third-order valence-corrected chi connectivity index (χ3v) is 4.41. The maximum Gasteiger partial charge on any atom is 0.000490 e. The Morgan fingerprint density at radius 1 is 1.07 bits per heavy atom. The van der Waals surface area contributed by atoms with E-state index in [9.17, 15) is 0 Å². The zero-order valence-corrected chi connectivity index (χ0v) is 9.65. The molecule has 0 unspecified atom stereocenters. The molecule has 14 heavy (non-hydrogen) atoms. The molecular weight excluding hydrogens is 170 g/mol. The summed E-state index contributed by atoms with van der Waals surface area (Å²) in [5.74, 6) is 1.07. The molecule has 0 radical (unpaired) electrons. The zero-order valence-electron chi connectivity index (χ0n) is 9.65. The monoisotopic (exact) mass is 195 g/mol. The lowest BCUT2D eigenvalue weighted by molar-refractivity contribution is 0.0828. The van der Waals surface area contributed by atoms with Crippen molar-refractivity contribution in [2.45, 2.75) is 57.8 Å². The first-order chi connectivity index (χ1) is 6.85. The molecule has 0 atom stereocenters. The Bertz CT molecular complexity index is 166. The van der Waals surface area contributed by atoms with Crippen LogP contribution in [0.4, 0.5) is 0 Å². The van der Waals surface area contributed by atoms with Crippen LogP contribution in [0.1, 0.15) is 57.8 Å². The summed E-state index contributed by atoms with van der Waals surface area (Å²) in [5, 5.41) is 3.40. The van der Waals surface area contributed by atoms with Crippen LogP contribution >= 0.6 is 0 Å². The number of nitrogens with one attached hydrogen (secondary N) is 1. The minimum Gasteiger partial charge on any atom is -0.319 e. The van der Waals surface area contributed by atoms with Gasteiger partial charge in [0.1, 0.15) is 0 Å². The van der Waals surface area contributed by atoms with Crippen molar-refractivity contribution in [1.82, 2.24) is 5.32 Å². The normalized spacial score (nSPS) is 27.2. The van der Waals surface area contributed by atoms with Gasteiger partial charge >= 0.3 is 0 Å². The zero-order chi connectivity index (χ0) is 9.86. The lowest BCUT2D eigenvalue weighted by Crippen LogP contribution is -2.40. The Balaban J connectivity index is 1.80. The number of hydrogen-bond acceptors (Lipinski definition) is 1. The topological polar surface area (TPSA) is 12.0 Å². The molecule has 0 aromatic heterocycles. The Kier molecular flexibility index (Phi) is 3.48. The second kappa shape index (κ2) is 4.65. The van der Waals surface area contributed by atoms with Gasteiger partial charge in [0.05, 0.1) is 0 Å². The summed E-state index contributed by atoms with van der Waals surface area (Å²) >= 11 is 0. The van der Waals surface area contributed by atoms with E-state index in [1.54, 1.807) is 0 Å². The molecule has 0 aromatic carbocycles. The van der Waals surface area contributed by atoms with Gasteiger partial charge in [-0.3, -0.25) is 0 Å². The van der Waals surface area contributed by atoms with Gasteiger partial charge < -0.3 is 5.32 Å². The molecule has 0 aromatic rings. The highest BCUT2D eigenvalue weighted by molar-refractivity contribution is 4.91. The van der Waals surface area contributed by atoms with Gasteiger partial charge in [-0.2, -0.15) is 0 Å². The van der Waals surface area contributed by atoms with E-state index in [0.717, 1.165) is 11.3 Å². The lowest BCUT2D eigenvalue weighted by Gasteiger charge is -2.45. The highest BCUT2D eigenvalue weighted by Gasteiger charge is 2.38. The van der Waals surface area contributed by atoms with E-state index in [1.165, 1.54) is 64.3 Å². The molecule has 2 saturated carbocycles. The predicted octanol–water partition coefficient (Wildman–Crippen LogP) is 3.35. The first-order valence-corrected chi connectivity index (χ1v) is 6.49. The van der Waals surface area contributed by atoms with Crippen LogP contribution in [0.5, 0.6) is 0 Å². The van der Waals surface area contributed by atoms with Crippen molar-refractivity contribution >= 4 is 0 Å². The Morgan fingerprint density at radius 2 is 1.79 bits per heavy atom. The van der Waals surface area contributed by atoms with Gasteiger partial charge in [-0.15, -0.1) is 0 Å². The van der Waals surface area contributed by atoms with E-state index in [-0.39, 0.29) is 0 Å². The minimum atomic E-state index is 0.719. The minimum absolute atomic E-state index is 0.719. The van der Waals surface area contributed by atoms with E-state index in [4.69, 9.17) is 0 Å². The maximum atomic E-state index is 3.40. The Labute approximate surface area is 88.7 Å². The summed E-state index contributed by atoms with van der Waals surface area (Å²) in [4.78, 5) is 0. The quantitative estimate of drug-likeness (QED) is 0.725. The molecule has 2 aliphatic rings. The van der Waals surface area contributed by atoms with Crippen molar-refractivity contribution in [3.8, 4) is 0 Å². The fraction of sp³-hybridized carbons (Fsp3) is 1.00. The molecule has 82 valence electrons. The molecular formula is C13H25N. The van der Waals surface area contributed by atoms with Crippen molar-refractivity contribution in [3.05, 3.63) is 0 Å². The fourth-order valence-corrected chi connectivity index (χ4v) is 3.51. The van der Waals surface area contributed by atoms with Crippen LogP contribution in [0.15, 0.2) is 0 Å². The summed E-state index contributed by atoms with van der Waals surface area (Å²) in [6.07, 6.45) is 13.5. The highest BCUT2D eigenvalue weighted by atomic mass is 14.8. The standard InChI is InChI=1S/C13H25N/c1-14-11-13(8-5-9-13)10-12-6-3-2-4-7-12/h12,14H,2-11H2,1H3. The molecule has 2 aliphatic carbocycles. The second-order valence-electron chi connectivity index (χ2n) is 5.59. The van der Waals surface area contributed by atoms with E-state index in [1.807, 2.05) is 0 Å². The third-order valence-electron chi connectivity index (χ3n) is 4.41. The van der Waals surface area contributed by atoms with Gasteiger partial charge in [-0.25, -0.2) is 0 Å². The molecule has 2 fully saturated rings. The van der Waals surface area contributed by atoms with E-state index in [2.05, 4.69) is 12.4 Å². The van der Waals surface area contributed by atoms with Gasteiger partial charge in [-0.1, -0.05) is 38.5 Å². The smallest absolute Gasteiger partial charge is 0.000490 e. The average Bonchev–Trinajstić information content (AvgIpc) is 2.16. The van der Waals surface area contributed by atoms with Crippen molar-refractivity contribution in [2.24, 2.45) is 11.3 Å². The lowest BCUT2D eigenvalue weighted by atomic mass is 9.62. The summed E-state index contributed by atoms with van der Waals surface area (Å²) in [5.41, 5.74) is 0.719. The first kappa shape index (κ1) is 10.5. The largest absolute Gasteiger partial charge is 0.319 e. The summed E-state index contributed by atoms with van der Waals surface area (Å²) < 4.78 is 0. The van der Waals surface area contributed by atoms with E-state index in [0.29, 0.717) is 0 Å². The summed E-state index contributed by atoms with van der Waals surface area (Å²) in [6, 6.07) is 0. The van der Waals surface area contributed by atoms with Crippen LogP contribution in [0.3, 0.4) is 0 Å². The van der Waals surface area contributed by atoms with Crippen LogP contribution in [0.2, 0.25) is 0 Å². The van der Waals surface area contributed by atoms with Crippen LogP contribution in [-0.4, -0.2) is 13.6 Å². The van der Waals surface area contributed by atoms with Crippen molar-refractivity contribution in [2.75, 3.05) is 13.6 Å². The first-order valence-electron chi connectivity index (χ1n) is 6.49. The average molecular weight is 195 g/mol. The van der Waals surface area contributed by atoms with Crippen LogP contribution in [0.25, 0.3) is 0 Å². The fourth-order valence-electron chi connectivity index (χ4n) is 3.51. The Hall–Kier alpha value is -0.0400. The van der Waals surface area contributed by atoms with E-state index < -0.39 is 0 Å². The number of rotatable bonds is 4. The van der Waals surface area contributed by atoms with Crippen molar-refractivity contribution in [1.29, 1.82) is 0 Å². The molecule has 0 spiro atoms. The SMILES string of the molecule is CNCC1(CC2CCCCC2)CCC1. The molecule has 0 heterocycles. The van der Waals surface area contributed by atoms with Crippen molar-refractivity contribution < 1.29 is 0 Å². The van der Waals surface area contributed by atoms with Crippen molar-refractivity contribution in [3.63, 3.8) is 0 Å². The van der Waals surface area contributed by atoms with Gasteiger partial charge in [0, 0.05) is 6.54 Å². The van der Waals surface area contributed by atoms with Gasteiger partial charge in [0.15, 0.2) is 0 Å². The molecule has 0 aliphatic heterocycles. The molecule has 0 bridgehead atoms. The Morgan fingerprint density at radius 3 is 2.29 bits per heavy atom.